The van der Waals surface area contributed by atoms with E-state index in [9.17, 15) is 4.79 Å². The van der Waals surface area contributed by atoms with Gasteiger partial charge < -0.3 is 5.32 Å². The zero-order chi connectivity index (χ0) is 11.3. The van der Waals surface area contributed by atoms with Crippen LogP contribution in [0.1, 0.15) is 30.8 Å². The van der Waals surface area contributed by atoms with E-state index in [1.54, 1.807) is 10.9 Å². The predicted octanol–water partition coefficient (Wildman–Crippen LogP) is 2.68. The summed E-state index contributed by atoms with van der Waals surface area (Å²) in [5, 5.41) is 5.50. The second-order valence-electron chi connectivity index (χ2n) is 3.83. The van der Waals surface area contributed by atoms with E-state index < -0.39 is 0 Å². The molecule has 0 bridgehead atoms. The fourth-order valence-electron chi connectivity index (χ4n) is 1.31. The molecule has 0 saturated carbocycles. The number of carbonyl (C=O) groups is 1. The Morgan fingerprint density at radius 2 is 2.40 bits per heavy atom. The molecule has 1 heterocycles. The van der Waals surface area contributed by atoms with Gasteiger partial charge in [-0.2, -0.15) is 0 Å². The molecule has 0 saturated heterocycles. The molecular weight excluding hydrogens is 276 g/mol. The molecule has 1 aromatic rings. The Balaban J connectivity index is 2.48. The summed E-state index contributed by atoms with van der Waals surface area (Å²) >= 11 is 4.84. The summed E-state index contributed by atoms with van der Waals surface area (Å²) in [4.78, 5) is 15.6. The van der Waals surface area contributed by atoms with Gasteiger partial charge in [0.05, 0.1) is 5.51 Å². The van der Waals surface area contributed by atoms with Gasteiger partial charge in [-0.05, 0) is 12.3 Å². The minimum Gasteiger partial charge on any atom is -0.347 e. The van der Waals surface area contributed by atoms with Gasteiger partial charge in [0.15, 0.2) is 0 Å². The van der Waals surface area contributed by atoms with Crippen LogP contribution in [-0.4, -0.2) is 22.3 Å². The van der Waals surface area contributed by atoms with Crippen LogP contribution in [0.4, 0.5) is 0 Å². The van der Waals surface area contributed by atoms with Gasteiger partial charge in [-0.3, -0.25) is 4.79 Å². The van der Waals surface area contributed by atoms with Crippen molar-refractivity contribution in [1.82, 2.24) is 10.3 Å². The van der Waals surface area contributed by atoms with Crippen molar-refractivity contribution in [2.45, 2.75) is 26.3 Å². The number of thiazole rings is 1. The highest BCUT2D eigenvalue weighted by molar-refractivity contribution is 9.09. The molecule has 15 heavy (non-hydrogen) atoms. The average Bonchev–Trinajstić information content (AvgIpc) is 2.68. The summed E-state index contributed by atoms with van der Waals surface area (Å²) in [5.41, 5.74) is 2.18. The van der Waals surface area contributed by atoms with Crippen molar-refractivity contribution in [3.8, 4) is 0 Å². The summed E-state index contributed by atoms with van der Waals surface area (Å²) < 4.78 is 0. The quantitative estimate of drug-likeness (QED) is 0.847. The van der Waals surface area contributed by atoms with Gasteiger partial charge in [-0.1, -0.05) is 29.8 Å². The topological polar surface area (TPSA) is 42.0 Å². The van der Waals surface area contributed by atoms with Crippen molar-refractivity contribution in [3.05, 3.63) is 16.6 Å². The number of amides is 1. The first-order valence-corrected chi connectivity index (χ1v) is 6.95. The molecule has 1 atom stereocenters. The molecule has 0 aliphatic rings. The van der Waals surface area contributed by atoms with Crippen molar-refractivity contribution < 1.29 is 4.79 Å². The molecule has 0 spiro atoms. The first kappa shape index (κ1) is 12.6. The Bertz CT molecular complexity index is 300. The number of carbonyl (C=O) groups excluding carboxylic acids is 1. The van der Waals surface area contributed by atoms with E-state index in [1.807, 2.05) is 0 Å². The molecular formula is C10H15BrN2OS. The monoisotopic (exact) mass is 290 g/mol. The zero-order valence-electron chi connectivity index (χ0n) is 8.87. The lowest BCUT2D eigenvalue weighted by atomic mass is 10.1. The van der Waals surface area contributed by atoms with Crippen LogP contribution in [0.5, 0.6) is 0 Å². The largest absolute Gasteiger partial charge is 0.347 e. The zero-order valence-corrected chi connectivity index (χ0v) is 11.3. The molecule has 1 rings (SSSR count). The van der Waals surface area contributed by atoms with E-state index in [-0.39, 0.29) is 11.9 Å². The second kappa shape index (κ2) is 6.23. The Kier molecular flexibility index (Phi) is 5.25. The smallest absolute Gasteiger partial charge is 0.270 e. The molecule has 1 N–H and O–H groups in total. The minimum atomic E-state index is -0.0821. The summed E-state index contributed by atoms with van der Waals surface area (Å²) in [7, 11) is 0. The Hall–Kier alpha value is -0.420. The van der Waals surface area contributed by atoms with Crippen LogP contribution in [-0.2, 0) is 0 Å². The highest BCUT2D eigenvalue weighted by Gasteiger charge is 2.14. The van der Waals surface area contributed by atoms with E-state index in [4.69, 9.17) is 0 Å². The van der Waals surface area contributed by atoms with Crippen LogP contribution in [0, 0.1) is 5.92 Å². The molecule has 0 aliphatic heterocycles. The highest BCUT2D eigenvalue weighted by Crippen LogP contribution is 2.08. The minimum absolute atomic E-state index is 0.0821. The van der Waals surface area contributed by atoms with Crippen molar-refractivity contribution in [3.63, 3.8) is 0 Å². The number of hydrogen-bond acceptors (Lipinski definition) is 3. The third kappa shape index (κ3) is 4.30. The molecule has 5 heteroatoms. The SMILES string of the molecule is CC(C)CC(CBr)NC(=O)c1cscn1. The molecule has 3 nitrogen and oxygen atoms in total. The fraction of sp³-hybridized carbons (Fsp3) is 0.600. The van der Waals surface area contributed by atoms with Gasteiger partial charge in [-0.15, -0.1) is 11.3 Å². The molecule has 0 aromatic carbocycles. The van der Waals surface area contributed by atoms with Gasteiger partial charge in [0.1, 0.15) is 5.69 Å². The lowest BCUT2D eigenvalue weighted by molar-refractivity contribution is 0.0933. The van der Waals surface area contributed by atoms with Gasteiger partial charge >= 0.3 is 0 Å². The standard InChI is InChI=1S/C10H15BrN2OS/c1-7(2)3-8(4-11)13-10(14)9-5-15-6-12-9/h5-8H,3-4H2,1-2H3,(H,13,14). The molecule has 0 aliphatic carbocycles. The van der Waals surface area contributed by atoms with Crippen molar-refractivity contribution in [2.75, 3.05) is 5.33 Å². The first-order chi connectivity index (χ1) is 7.13. The normalized spacial score (nSPS) is 12.8. The van der Waals surface area contributed by atoms with E-state index in [0.717, 1.165) is 11.8 Å². The van der Waals surface area contributed by atoms with Crippen LogP contribution < -0.4 is 5.32 Å². The van der Waals surface area contributed by atoms with Gasteiger partial charge in [-0.25, -0.2) is 4.98 Å². The lowest BCUT2D eigenvalue weighted by Crippen LogP contribution is -2.37. The summed E-state index contributed by atoms with van der Waals surface area (Å²) in [6.07, 6.45) is 0.973. The van der Waals surface area contributed by atoms with E-state index >= 15 is 0 Å². The maximum atomic E-state index is 11.7. The van der Waals surface area contributed by atoms with Gasteiger partial charge in [0.25, 0.3) is 5.91 Å². The fourth-order valence-corrected chi connectivity index (χ4v) is 2.27. The summed E-state index contributed by atoms with van der Waals surface area (Å²) in [6.45, 7) is 4.29. The van der Waals surface area contributed by atoms with Gasteiger partial charge in [0, 0.05) is 16.8 Å². The third-order valence-electron chi connectivity index (χ3n) is 1.94. The number of hydrogen-bond donors (Lipinski definition) is 1. The maximum Gasteiger partial charge on any atom is 0.270 e. The molecule has 0 radical (unpaired) electrons. The number of nitrogens with one attached hydrogen (secondary N) is 1. The number of rotatable bonds is 5. The maximum absolute atomic E-state index is 11.7. The number of nitrogens with zero attached hydrogens (tertiary/aromatic N) is 1. The van der Waals surface area contributed by atoms with Crippen LogP contribution >= 0.6 is 27.3 Å². The van der Waals surface area contributed by atoms with Gasteiger partial charge in [0.2, 0.25) is 0 Å². The Labute approximate surface area is 102 Å². The second-order valence-corrected chi connectivity index (χ2v) is 5.19. The number of alkyl halides is 1. The van der Waals surface area contributed by atoms with Crippen molar-refractivity contribution >= 4 is 33.2 Å². The highest BCUT2D eigenvalue weighted by atomic mass is 79.9. The Morgan fingerprint density at radius 3 is 2.87 bits per heavy atom. The van der Waals surface area contributed by atoms with Crippen LogP contribution in [0.25, 0.3) is 0 Å². The summed E-state index contributed by atoms with van der Waals surface area (Å²) in [5.74, 6) is 0.490. The van der Waals surface area contributed by atoms with E-state index in [0.29, 0.717) is 11.6 Å². The Morgan fingerprint density at radius 1 is 1.67 bits per heavy atom. The number of aromatic nitrogens is 1. The lowest BCUT2D eigenvalue weighted by Gasteiger charge is -2.17. The molecule has 1 amide bonds. The molecule has 84 valence electrons. The van der Waals surface area contributed by atoms with Crippen LogP contribution in [0.15, 0.2) is 10.9 Å². The van der Waals surface area contributed by atoms with E-state index in [2.05, 4.69) is 40.1 Å². The number of halogens is 1. The molecule has 0 fully saturated rings. The van der Waals surface area contributed by atoms with Crippen LogP contribution in [0.3, 0.4) is 0 Å². The van der Waals surface area contributed by atoms with Crippen molar-refractivity contribution in [2.24, 2.45) is 5.92 Å². The predicted molar refractivity (Wildman–Crippen MR) is 66.6 cm³/mol. The first-order valence-electron chi connectivity index (χ1n) is 4.88. The van der Waals surface area contributed by atoms with E-state index in [1.165, 1.54) is 11.3 Å². The third-order valence-corrected chi connectivity index (χ3v) is 3.31. The summed E-state index contributed by atoms with van der Waals surface area (Å²) in [6, 6.07) is 0.180. The molecule has 1 aromatic heterocycles. The van der Waals surface area contributed by atoms with Crippen LogP contribution in [0.2, 0.25) is 0 Å². The average molecular weight is 291 g/mol. The molecule has 1 unspecified atom stereocenters. The van der Waals surface area contributed by atoms with Crippen molar-refractivity contribution in [1.29, 1.82) is 0 Å².